The highest BCUT2D eigenvalue weighted by Crippen LogP contribution is 2.25. The lowest BCUT2D eigenvalue weighted by Gasteiger charge is -2.15. The molecule has 1 aliphatic heterocycles. The number of carbonyl (C=O) groups excluding carboxylic acids is 1. The van der Waals surface area contributed by atoms with Gasteiger partial charge in [0.2, 0.25) is 5.12 Å². The molecule has 1 heterocycles. The van der Waals surface area contributed by atoms with Gasteiger partial charge in [-0.05, 0) is 37.8 Å². The fraction of sp³-hybridized carbons (Fsp3) is 0.444. The third-order valence-electron chi connectivity index (χ3n) is 1.72. The monoisotopic (exact) mass is 183 g/mol. The van der Waals surface area contributed by atoms with E-state index < -0.39 is 0 Å². The predicted molar refractivity (Wildman–Crippen MR) is 52.7 cm³/mol. The molecule has 0 bridgehead atoms. The van der Waals surface area contributed by atoms with Crippen LogP contribution in [0.2, 0.25) is 0 Å². The van der Waals surface area contributed by atoms with Crippen molar-refractivity contribution in [3.8, 4) is 0 Å². The molecule has 3 heteroatoms. The third-order valence-corrected chi connectivity index (χ3v) is 2.54. The van der Waals surface area contributed by atoms with Crippen LogP contribution in [0.5, 0.6) is 0 Å². The Balaban J connectivity index is 2.57. The molecule has 0 unspecified atom stereocenters. The maximum atomic E-state index is 10.8. The quantitative estimate of drug-likeness (QED) is 0.667. The maximum absolute atomic E-state index is 10.8. The van der Waals surface area contributed by atoms with Crippen LogP contribution < -0.4 is 0 Å². The Labute approximate surface area is 77.3 Å². The van der Waals surface area contributed by atoms with Gasteiger partial charge in [0.25, 0.3) is 0 Å². The van der Waals surface area contributed by atoms with Crippen molar-refractivity contribution >= 4 is 16.9 Å². The van der Waals surface area contributed by atoms with Crippen molar-refractivity contribution < 1.29 is 4.79 Å². The standard InChI is InChI=1S/C9H13NOS/c1-3-10(4-2)7-8-5-6-9(11)12-8/h5-7H,3-4H2,1-2H3/b8-7-. The Bertz CT molecular complexity index is 229. The highest BCUT2D eigenvalue weighted by Gasteiger charge is 2.09. The Morgan fingerprint density at radius 3 is 2.50 bits per heavy atom. The second-order valence-corrected chi connectivity index (χ2v) is 3.59. The van der Waals surface area contributed by atoms with Crippen LogP contribution in [0.4, 0.5) is 0 Å². The number of rotatable bonds is 3. The number of hydrogen-bond acceptors (Lipinski definition) is 3. The Morgan fingerprint density at radius 1 is 1.42 bits per heavy atom. The molecular formula is C9H13NOS. The van der Waals surface area contributed by atoms with Gasteiger partial charge in [0.1, 0.15) is 0 Å². The molecule has 0 amide bonds. The first-order valence-corrected chi connectivity index (χ1v) is 4.93. The first kappa shape index (κ1) is 9.39. The molecule has 0 aromatic carbocycles. The summed E-state index contributed by atoms with van der Waals surface area (Å²) in [5.41, 5.74) is 0. The van der Waals surface area contributed by atoms with Gasteiger partial charge >= 0.3 is 0 Å². The van der Waals surface area contributed by atoms with Crippen molar-refractivity contribution in [3.63, 3.8) is 0 Å². The van der Waals surface area contributed by atoms with E-state index in [1.807, 2.05) is 12.3 Å². The molecule has 1 aliphatic rings. The van der Waals surface area contributed by atoms with E-state index in [2.05, 4.69) is 18.7 Å². The minimum atomic E-state index is 0.133. The molecular weight excluding hydrogens is 170 g/mol. The van der Waals surface area contributed by atoms with Gasteiger partial charge in [-0.2, -0.15) is 0 Å². The maximum Gasteiger partial charge on any atom is 0.216 e. The summed E-state index contributed by atoms with van der Waals surface area (Å²) in [5.74, 6) is 0. The lowest BCUT2D eigenvalue weighted by molar-refractivity contribution is -0.106. The lowest BCUT2D eigenvalue weighted by atomic mass is 10.4. The molecule has 0 aliphatic carbocycles. The highest BCUT2D eigenvalue weighted by molar-refractivity contribution is 8.17. The van der Waals surface area contributed by atoms with Gasteiger partial charge in [-0.25, -0.2) is 0 Å². The lowest BCUT2D eigenvalue weighted by Crippen LogP contribution is -2.15. The predicted octanol–water partition coefficient (Wildman–Crippen LogP) is 2.00. The topological polar surface area (TPSA) is 20.3 Å². The number of thioether (sulfide) groups is 1. The van der Waals surface area contributed by atoms with E-state index in [0.717, 1.165) is 18.0 Å². The zero-order valence-electron chi connectivity index (χ0n) is 7.41. The molecule has 0 saturated carbocycles. The van der Waals surface area contributed by atoms with Gasteiger partial charge in [0.15, 0.2) is 0 Å². The molecule has 0 atom stereocenters. The van der Waals surface area contributed by atoms with Crippen molar-refractivity contribution in [1.82, 2.24) is 4.90 Å². The summed E-state index contributed by atoms with van der Waals surface area (Å²) >= 11 is 1.29. The molecule has 0 spiro atoms. The van der Waals surface area contributed by atoms with Crippen LogP contribution in [-0.2, 0) is 4.79 Å². The molecule has 0 radical (unpaired) electrons. The molecule has 2 nitrogen and oxygen atoms in total. The zero-order chi connectivity index (χ0) is 8.97. The van der Waals surface area contributed by atoms with Crippen molar-refractivity contribution in [3.05, 3.63) is 23.3 Å². The number of carbonyl (C=O) groups is 1. The summed E-state index contributed by atoms with van der Waals surface area (Å²) in [7, 11) is 0. The molecule has 0 aromatic heterocycles. The Hall–Kier alpha value is -0.700. The molecule has 0 fully saturated rings. The van der Waals surface area contributed by atoms with Gasteiger partial charge < -0.3 is 4.90 Å². The average molecular weight is 183 g/mol. The van der Waals surface area contributed by atoms with Gasteiger partial charge in [0.05, 0.1) is 0 Å². The van der Waals surface area contributed by atoms with E-state index in [-0.39, 0.29) is 5.12 Å². The fourth-order valence-electron chi connectivity index (χ4n) is 0.990. The second-order valence-electron chi connectivity index (χ2n) is 2.51. The summed E-state index contributed by atoms with van der Waals surface area (Å²) in [6.07, 6.45) is 5.51. The smallest absolute Gasteiger partial charge is 0.216 e. The van der Waals surface area contributed by atoms with Crippen molar-refractivity contribution in [2.75, 3.05) is 13.1 Å². The first-order valence-electron chi connectivity index (χ1n) is 4.12. The normalized spacial score (nSPS) is 19.2. The zero-order valence-corrected chi connectivity index (χ0v) is 8.23. The third kappa shape index (κ3) is 2.41. The minimum absolute atomic E-state index is 0.133. The van der Waals surface area contributed by atoms with Gasteiger partial charge in [0, 0.05) is 24.2 Å². The van der Waals surface area contributed by atoms with Gasteiger partial charge in [-0.15, -0.1) is 0 Å². The Morgan fingerprint density at radius 2 is 2.08 bits per heavy atom. The van der Waals surface area contributed by atoms with E-state index in [1.165, 1.54) is 11.8 Å². The summed E-state index contributed by atoms with van der Waals surface area (Å²) in [5, 5.41) is 0.133. The molecule has 1 rings (SSSR count). The molecule has 0 aromatic rings. The molecule has 0 saturated heterocycles. The van der Waals surface area contributed by atoms with Crippen LogP contribution >= 0.6 is 11.8 Å². The van der Waals surface area contributed by atoms with Crippen LogP contribution in [-0.4, -0.2) is 23.1 Å². The average Bonchev–Trinajstić information content (AvgIpc) is 2.47. The van der Waals surface area contributed by atoms with Gasteiger partial charge in [-0.1, -0.05) is 0 Å². The fourth-order valence-corrected chi connectivity index (χ4v) is 1.70. The number of nitrogens with zero attached hydrogens (tertiary/aromatic N) is 1. The number of hydrogen-bond donors (Lipinski definition) is 0. The van der Waals surface area contributed by atoms with Crippen LogP contribution in [0, 0.1) is 0 Å². The van der Waals surface area contributed by atoms with Crippen LogP contribution in [0.15, 0.2) is 23.3 Å². The second kappa shape index (κ2) is 4.36. The first-order chi connectivity index (χ1) is 5.76. The SMILES string of the molecule is CCN(/C=C1/C=CC(=O)S1)CC. The Kier molecular flexibility index (Phi) is 3.41. The highest BCUT2D eigenvalue weighted by atomic mass is 32.2. The van der Waals surface area contributed by atoms with Crippen LogP contribution in [0.25, 0.3) is 0 Å². The van der Waals surface area contributed by atoms with E-state index in [9.17, 15) is 4.79 Å². The van der Waals surface area contributed by atoms with Crippen molar-refractivity contribution in [2.24, 2.45) is 0 Å². The number of allylic oxidation sites excluding steroid dienone is 1. The van der Waals surface area contributed by atoms with Crippen LogP contribution in [0.3, 0.4) is 0 Å². The van der Waals surface area contributed by atoms with E-state index in [4.69, 9.17) is 0 Å². The molecule has 12 heavy (non-hydrogen) atoms. The van der Waals surface area contributed by atoms with Crippen molar-refractivity contribution in [2.45, 2.75) is 13.8 Å². The molecule has 66 valence electrons. The summed E-state index contributed by atoms with van der Waals surface area (Å²) in [6, 6.07) is 0. The van der Waals surface area contributed by atoms with E-state index in [1.54, 1.807) is 6.08 Å². The largest absolute Gasteiger partial charge is 0.377 e. The van der Waals surface area contributed by atoms with Crippen LogP contribution in [0.1, 0.15) is 13.8 Å². The summed E-state index contributed by atoms with van der Waals surface area (Å²) in [6.45, 7) is 6.18. The summed E-state index contributed by atoms with van der Waals surface area (Å²) < 4.78 is 0. The van der Waals surface area contributed by atoms with E-state index >= 15 is 0 Å². The molecule has 0 N–H and O–H groups in total. The van der Waals surface area contributed by atoms with Gasteiger partial charge in [-0.3, -0.25) is 4.79 Å². The minimum Gasteiger partial charge on any atom is -0.377 e. The summed E-state index contributed by atoms with van der Waals surface area (Å²) in [4.78, 5) is 14.0. The van der Waals surface area contributed by atoms with Crippen molar-refractivity contribution in [1.29, 1.82) is 0 Å². The van der Waals surface area contributed by atoms with E-state index in [0.29, 0.717) is 0 Å².